The predicted molar refractivity (Wildman–Crippen MR) is 72.2 cm³/mol. The fourth-order valence-electron chi connectivity index (χ4n) is 1.83. The number of rotatable bonds is 5. The lowest BCUT2D eigenvalue weighted by Gasteiger charge is -2.14. The topological polar surface area (TPSA) is 24.9 Å². The zero-order valence-corrected chi connectivity index (χ0v) is 10.7. The van der Waals surface area contributed by atoms with Crippen LogP contribution in [0.15, 0.2) is 23.7 Å². The predicted octanol–water partition coefficient (Wildman–Crippen LogP) is 4.29. The Labute approximate surface area is 101 Å². The largest absolute Gasteiger partial charge is 0.367 e. The molecule has 2 rings (SSSR count). The van der Waals surface area contributed by atoms with E-state index >= 15 is 0 Å². The first kappa shape index (κ1) is 11.4. The maximum Gasteiger partial charge on any atom is 0.134 e. The lowest BCUT2D eigenvalue weighted by atomic mass is 10.1. The van der Waals surface area contributed by atoms with E-state index in [9.17, 15) is 0 Å². The Morgan fingerprint density at radius 2 is 2.31 bits per heavy atom. The Bertz CT molecular complexity index is 450. The van der Waals surface area contributed by atoms with Crippen LogP contribution in [0.3, 0.4) is 0 Å². The number of pyridine rings is 1. The highest BCUT2D eigenvalue weighted by molar-refractivity contribution is 7.17. The fraction of sp³-hybridized carbons (Fsp3) is 0.462. The number of hydrogen-bond acceptors (Lipinski definition) is 3. The van der Waals surface area contributed by atoms with Crippen LogP contribution in [0.5, 0.6) is 0 Å². The average molecular weight is 234 g/mol. The van der Waals surface area contributed by atoms with Crippen LogP contribution in [0.2, 0.25) is 0 Å². The molecule has 0 spiro atoms. The van der Waals surface area contributed by atoms with Crippen LogP contribution in [0, 0.1) is 0 Å². The zero-order chi connectivity index (χ0) is 11.4. The molecule has 0 aromatic carbocycles. The summed E-state index contributed by atoms with van der Waals surface area (Å²) in [6.45, 7) is 4.45. The molecule has 3 heteroatoms. The van der Waals surface area contributed by atoms with Crippen molar-refractivity contribution in [2.75, 3.05) is 5.32 Å². The van der Waals surface area contributed by atoms with E-state index in [0.717, 1.165) is 5.82 Å². The maximum absolute atomic E-state index is 4.42. The van der Waals surface area contributed by atoms with Crippen molar-refractivity contribution in [2.45, 2.75) is 39.2 Å². The van der Waals surface area contributed by atoms with Gasteiger partial charge < -0.3 is 5.32 Å². The Morgan fingerprint density at radius 1 is 1.44 bits per heavy atom. The van der Waals surface area contributed by atoms with Crippen molar-refractivity contribution < 1.29 is 0 Å². The second kappa shape index (κ2) is 5.30. The highest BCUT2D eigenvalue weighted by Gasteiger charge is 2.06. The zero-order valence-electron chi connectivity index (χ0n) is 9.86. The van der Waals surface area contributed by atoms with E-state index in [1.807, 2.05) is 6.20 Å². The molecule has 86 valence electrons. The van der Waals surface area contributed by atoms with Crippen LogP contribution in [-0.2, 0) is 0 Å². The fourth-order valence-corrected chi connectivity index (χ4v) is 2.61. The molecule has 1 N–H and O–H groups in total. The molecular weight excluding hydrogens is 216 g/mol. The lowest BCUT2D eigenvalue weighted by molar-refractivity contribution is 0.644. The van der Waals surface area contributed by atoms with Gasteiger partial charge in [0.1, 0.15) is 5.82 Å². The van der Waals surface area contributed by atoms with Crippen molar-refractivity contribution in [3.63, 3.8) is 0 Å². The quantitative estimate of drug-likeness (QED) is 0.835. The molecule has 0 saturated heterocycles. The first-order chi connectivity index (χ1) is 7.81. The van der Waals surface area contributed by atoms with Gasteiger partial charge >= 0.3 is 0 Å². The van der Waals surface area contributed by atoms with Gasteiger partial charge in [0.25, 0.3) is 0 Å². The molecule has 16 heavy (non-hydrogen) atoms. The van der Waals surface area contributed by atoms with E-state index in [1.54, 1.807) is 11.3 Å². The van der Waals surface area contributed by atoms with Gasteiger partial charge in [-0.15, -0.1) is 11.3 Å². The molecule has 2 aromatic heterocycles. The van der Waals surface area contributed by atoms with Crippen LogP contribution >= 0.6 is 11.3 Å². The number of fused-ring (bicyclic) bond motifs is 1. The molecule has 0 fully saturated rings. The summed E-state index contributed by atoms with van der Waals surface area (Å²) in [5.74, 6) is 1.03. The van der Waals surface area contributed by atoms with Gasteiger partial charge in [-0.25, -0.2) is 4.98 Å². The Balaban J connectivity index is 2.11. The summed E-state index contributed by atoms with van der Waals surface area (Å²) in [5.41, 5.74) is 0. The van der Waals surface area contributed by atoms with Crippen molar-refractivity contribution in [3.8, 4) is 0 Å². The number of hydrogen-bond donors (Lipinski definition) is 1. The van der Waals surface area contributed by atoms with Gasteiger partial charge in [-0.05, 0) is 30.9 Å². The van der Waals surface area contributed by atoms with Gasteiger partial charge in [0.05, 0.1) is 0 Å². The Morgan fingerprint density at radius 3 is 3.12 bits per heavy atom. The number of thiophene rings is 1. The Kier molecular flexibility index (Phi) is 3.78. The summed E-state index contributed by atoms with van der Waals surface area (Å²) in [7, 11) is 0. The summed E-state index contributed by atoms with van der Waals surface area (Å²) in [5, 5.41) is 6.87. The van der Waals surface area contributed by atoms with Gasteiger partial charge in [-0.1, -0.05) is 19.8 Å². The van der Waals surface area contributed by atoms with Crippen molar-refractivity contribution in [3.05, 3.63) is 23.7 Å². The third-order valence-electron chi connectivity index (χ3n) is 2.75. The van der Waals surface area contributed by atoms with Crippen LogP contribution in [0.4, 0.5) is 5.82 Å². The SMILES string of the molecule is CCCCC(C)Nc1nccc2sccc12. The molecule has 1 atom stereocenters. The third kappa shape index (κ3) is 2.53. The molecule has 2 nitrogen and oxygen atoms in total. The molecule has 2 aromatic rings. The molecular formula is C13H18N2S. The number of unbranched alkanes of at least 4 members (excludes halogenated alkanes) is 1. The van der Waals surface area contributed by atoms with E-state index in [4.69, 9.17) is 0 Å². The minimum absolute atomic E-state index is 0.498. The molecule has 0 bridgehead atoms. The van der Waals surface area contributed by atoms with Crippen LogP contribution < -0.4 is 5.32 Å². The molecule has 0 radical (unpaired) electrons. The van der Waals surface area contributed by atoms with E-state index < -0.39 is 0 Å². The van der Waals surface area contributed by atoms with Crippen molar-refractivity contribution in [2.24, 2.45) is 0 Å². The Hall–Kier alpha value is -1.09. The molecule has 0 aliphatic rings. The van der Waals surface area contributed by atoms with Gasteiger partial charge in [-0.2, -0.15) is 0 Å². The maximum atomic E-state index is 4.42. The first-order valence-electron chi connectivity index (χ1n) is 5.90. The second-order valence-corrected chi connectivity index (χ2v) is 5.13. The second-order valence-electron chi connectivity index (χ2n) is 4.18. The van der Waals surface area contributed by atoms with Crippen LogP contribution in [0.1, 0.15) is 33.1 Å². The molecule has 1 unspecified atom stereocenters. The summed E-state index contributed by atoms with van der Waals surface area (Å²) in [6, 6.07) is 4.71. The normalized spacial score (nSPS) is 12.9. The summed E-state index contributed by atoms with van der Waals surface area (Å²) in [6.07, 6.45) is 5.61. The van der Waals surface area contributed by atoms with Gasteiger partial charge in [0.15, 0.2) is 0 Å². The minimum Gasteiger partial charge on any atom is -0.367 e. The summed E-state index contributed by atoms with van der Waals surface area (Å²) >= 11 is 1.77. The number of aromatic nitrogens is 1. The van der Waals surface area contributed by atoms with Crippen molar-refractivity contribution in [1.29, 1.82) is 0 Å². The lowest BCUT2D eigenvalue weighted by Crippen LogP contribution is -2.15. The average Bonchev–Trinajstić information content (AvgIpc) is 2.75. The first-order valence-corrected chi connectivity index (χ1v) is 6.78. The van der Waals surface area contributed by atoms with Crippen molar-refractivity contribution in [1.82, 2.24) is 4.98 Å². The van der Waals surface area contributed by atoms with E-state index in [-0.39, 0.29) is 0 Å². The van der Waals surface area contributed by atoms with Gasteiger partial charge in [0, 0.05) is 22.3 Å². The molecule has 0 aliphatic carbocycles. The van der Waals surface area contributed by atoms with Crippen LogP contribution in [0.25, 0.3) is 10.1 Å². The van der Waals surface area contributed by atoms with Crippen molar-refractivity contribution >= 4 is 27.2 Å². The third-order valence-corrected chi connectivity index (χ3v) is 3.64. The summed E-state index contributed by atoms with van der Waals surface area (Å²) < 4.78 is 1.31. The number of nitrogens with one attached hydrogen (secondary N) is 1. The smallest absolute Gasteiger partial charge is 0.134 e. The molecule has 0 saturated carbocycles. The number of nitrogens with zero attached hydrogens (tertiary/aromatic N) is 1. The van der Waals surface area contributed by atoms with Gasteiger partial charge in [0.2, 0.25) is 0 Å². The number of anilines is 1. The highest BCUT2D eigenvalue weighted by atomic mass is 32.1. The summed E-state index contributed by atoms with van der Waals surface area (Å²) in [4.78, 5) is 4.42. The minimum atomic E-state index is 0.498. The van der Waals surface area contributed by atoms with Gasteiger partial charge in [-0.3, -0.25) is 0 Å². The molecule has 0 amide bonds. The molecule has 2 heterocycles. The molecule has 0 aliphatic heterocycles. The van der Waals surface area contributed by atoms with E-state index in [2.05, 4.69) is 41.7 Å². The van der Waals surface area contributed by atoms with E-state index in [1.165, 1.54) is 29.3 Å². The highest BCUT2D eigenvalue weighted by Crippen LogP contribution is 2.26. The van der Waals surface area contributed by atoms with Crippen LogP contribution in [-0.4, -0.2) is 11.0 Å². The van der Waals surface area contributed by atoms with E-state index in [0.29, 0.717) is 6.04 Å². The standard InChI is InChI=1S/C13H18N2S/c1-3-4-5-10(2)15-13-11-7-9-16-12(11)6-8-14-13/h6-10H,3-5H2,1-2H3,(H,14,15). The monoisotopic (exact) mass is 234 g/mol.